The van der Waals surface area contributed by atoms with Crippen LogP contribution in [0.2, 0.25) is 0 Å². The zero-order valence-electron chi connectivity index (χ0n) is 15.0. The molecule has 0 aliphatic heterocycles. The third-order valence-electron chi connectivity index (χ3n) is 3.84. The van der Waals surface area contributed by atoms with E-state index in [-0.39, 0.29) is 23.6 Å². The van der Waals surface area contributed by atoms with Gasteiger partial charge in [-0.3, -0.25) is 10.2 Å². The van der Waals surface area contributed by atoms with E-state index in [1.165, 1.54) is 30.6 Å². The summed E-state index contributed by atoms with van der Waals surface area (Å²) in [7, 11) is -3.99. The van der Waals surface area contributed by atoms with Crippen molar-refractivity contribution in [1.29, 1.82) is 0 Å². The molecule has 0 bridgehead atoms. The monoisotopic (exact) mass is 402 g/mol. The molecule has 3 rings (SSSR count). The summed E-state index contributed by atoms with van der Waals surface area (Å²) in [6.45, 7) is 1.79. The number of nitrogens with one attached hydrogen (secondary N) is 2. The zero-order valence-corrected chi connectivity index (χ0v) is 15.8. The highest BCUT2D eigenvalue weighted by atomic mass is 32.2. The summed E-state index contributed by atoms with van der Waals surface area (Å²) in [5.74, 6) is -1.10. The molecule has 10 heteroatoms. The Morgan fingerprint density at radius 2 is 1.82 bits per heavy atom. The van der Waals surface area contributed by atoms with Crippen molar-refractivity contribution in [3.63, 3.8) is 0 Å². The first-order chi connectivity index (χ1) is 13.4. The van der Waals surface area contributed by atoms with E-state index >= 15 is 0 Å². The minimum absolute atomic E-state index is 0.103. The molecule has 0 atom stereocenters. The smallest absolute Gasteiger partial charge is 0.338 e. The Hall–Kier alpha value is -3.24. The van der Waals surface area contributed by atoms with Crippen molar-refractivity contribution in [1.82, 2.24) is 19.8 Å². The predicted molar refractivity (Wildman–Crippen MR) is 101 cm³/mol. The molecule has 0 saturated heterocycles. The van der Waals surface area contributed by atoms with E-state index in [1.807, 2.05) is 29.1 Å². The summed E-state index contributed by atoms with van der Waals surface area (Å²) in [5.41, 5.74) is 3.89. The van der Waals surface area contributed by atoms with E-state index in [0.29, 0.717) is 0 Å². The fourth-order valence-corrected chi connectivity index (χ4v) is 3.36. The molecule has 1 heterocycles. The lowest BCUT2D eigenvalue weighted by Gasteiger charge is -2.10. The Kier molecular flexibility index (Phi) is 5.71. The number of para-hydroxylation sites is 2. The number of carbonyl (C=O) groups is 2. The van der Waals surface area contributed by atoms with E-state index in [0.717, 1.165) is 11.0 Å². The molecule has 1 amide bonds. The van der Waals surface area contributed by atoms with E-state index in [9.17, 15) is 18.0 Å². The Bertz CT molecular complexity index is 1110. The van der Waals surface area contributed by atoms with Crippen LogP contribution in [-0.2, 0) is 26.1 Å². The number of sulfonamides is 1. The Labute approximate surface area is 161 Å². The van der Waals surface area contributed by atoms with Crippen LogP contribution in [0.15, 0.2) is 59.8 Å². The fourth-order valence-electron chi connectivity index (χ4n) is 2.50. The minimum Gasteiger partial charge on any atom is -0.462 e. The summed E-state index contributed by atoms with van der Waals surface area (Å²) < 4.78 is 31.0. The molecule has 0 fully saturated rings. The number of imidazole rings is 1. The van der Waals surface area contributed by atoms with Gasteiger partial charge in [0, 0.05) is 0 Å². The maximum Gasteiger partial charge on any atom is 0.338 e. The maximum absolute atomic E-state index is 12.3. The summed E-state index contributed by atoms with van der Waals surface area (Å²) >= 11 is 0. The lowest BCUT2D eigenvalue weighted by Crippen LogP contribution is -2.43. The van der Waals surface area contributed by atoms with Gasteiger partial charge >= 0.3 is 5.97 Å². The van der Waals surface area contributed by atoms with Crippen LogP contribution in [0.25, 0.3) is 11.0 Å². The van der Waals surface area contributed by atoms with Gasteiger partial charge in [0.05, 0.1) is 34.4 Å². The van der Waals surface area contributed by atoms with E-state index < -0.39 is 21.9 Å². The number of nitrogens with zero attached hydrogens (tertiary/aromatic N) is 2. The van der Waals surface area contributed by atoms with E-state index in [2.05, 4.69) is 10.4 Å². The van der Waals surface area contributed by atoms with Crippen molar-refractivity contribution in [2.45, 2.75) is 18.4 Å². The van der Waals surface area contributed by atoms with Gasteiger partial charge in [0.25, 0.3) is 15.9 Å². The van der Waals surface area contributed by atoms with Gasteiger partial charge < -0.3 is 9.30 Å². The standard InChI is InChI=1S/C18H18N4O5S/c1-2-27-18(24)13-7-9-14(10-8-13)28(25,26)21-20-17(23)11-22-12-19-15-5-3-4-6-16(15)22/h3-10,12,21H,2,11H2,1H3,(H,20,23). The molecule has 1 aromatic heterocycles. The number of hydrogen-bond acceptors (Lipinski definition) is 6. The highest BCUT2D eigenvalue weighted by Gasteiger charge is 2.17. The van der Waals surface area contributed by atoms with Crippen molar-refractivity contribution in [3.8, 4) is 0 Å². The van der Waals surface area contributed by atoms with Crippen molar-refractivity contribution >= 4 is 32.9 Å². The predicted octanol–water partition coefficient (Wildman–Crippen LogP) is 1.22. The fraction of sp³-hybridized carbons (Fsp3) is 0.167. The second-order valence-electron chi connectivity index (χ2n) is 5.76. The number of ether oxygens (including phenoxy) is 1. The molecule has 0 aliphatic carbocycles. The number of rotatable bonds is 7. The van der Waals surface area contributed by atoms with Crippen molar-refractivity contribution in [3.05, 3.63) is 60.4 Å². The molecule has 0 radical (unpaired) electrons. The van der Waals surface area contributed by atoms with E-state index in [1.54, 1.807) is 11.5 Å². The molecule has 0 spiro atoms. The third-order valence-corrected chi connectivity index (χ3v) is 5.11. The highest BCUT2D eigenvalue weighted by molar-refractivity contribution is 7.89. The highest BCUT2D eigenvalue weighted by Crippen LogP contribution is 2.12. The van der Waals surface area contributed by atoms with Crippen LogP contribution >= 0.6 is 0 Å². The lowest BCUT2D eigenvalue weighted by molar-refractivity contribution is -0.122. The van der Waals surface area contributed by atoms with Crippen molar-refractivity contribution < 1.29 is 22.7 Å². The molecular formula is C18H18N4O5S. The topological polar surface area (TPSA) is 119 Å². The number of hydrogen-bond donors (Lipinski definition) is 2. The average molecular weight is 402 g/mol. The number of aromatic nitrogens is 2. The minimum atomic E-state index is -3.99. The molecule has 3 aromatic rings. The quantitative estimate of drug-likeness (QED) is 0.453. The van der Waals surface area contributed by atoms with Crippen LogP contribution in [0.4, 0.5) is 0 Å². The van der Waals surface area contributed by atoms with Crippen LogP contribution in [-0.4, -0.2) is 36.5 Å². The number of esters is 1. The number of fused-ring (bicyclic) bond motifs is 1. The molecule has 0 aliphatic rings. The van der Waals surface area contributed by atoms with Gasteiger partial charge in [-0.25, -0.2) is 18.2 Å². The molecule has 2 N–H and O–H groups in total. The lowest BCUT2D eigenvalue weighted by atomic mass is 10.2. The first kappa shape index (κ1) is 19.5. The Morgan fingerprint density at radius 1 is 1.11 bits per heavy atom. The van der Waals surface area contributed by atoms with Gasteiger partial charge in [0.15, 0.2) is 0 Å². The molecule has 146 valence electrons. The van der Waals surface area contributed by atoms with Gasteiger partial charge in [0.1, 0.15) is 6.54 Å². The molecule has 28 heavy (non-hydrogen) atoms. The van der Waals surface area contributed by atoms with Crippen LogP contribution in [0.1, 0.15) is 17.3 Å². The van der Waals surface area contributed by atoms with Crippen molar-refractivity contribution in [2.75, 3.05) is 6.61 Å². The largest absolute Gasteiger partial charge is 0.462 e. The molecule has 0 unspecified atom stereocenters. The first-order valence-electron chi connectivity index (χ1n) is 8.38. The summed E-state index contributed by atoms with van der Waals surface area (Å²) in [4.78, 5) is 29.8. The summed E-state index contributed by atoms with van der Waals surface area (Å²) in [6.07, 6.45) is 1.51. The number of amides is 1. The molecule has 9 nitrogen and oxygen atoms in total. The van der Waals surface area contributed by atoms with Gasteiger partial charge in [-0.2, -0.15) is 0 Å². The number of carbonyl (C=O) groups excluding carboxylic acids is 2. The zero-order chi connectivity index (χ0) is 20.1. The number of benzene rings is 2. The average Bonchev–Trinajstić information content (AvgIpc) is 3.10. The van der Waals surface area contributed by atoms with Gasteiger partial charge in [-0.15, -0.1) is 4.83 Å². The normalized spacial score (nSPS) is 11.3. The summed E-state index contributed by atoms with van der Waals surface area (Å²) in [5, 5.41) is 0. The molecular weight excluding hydrogens is 384 g/mol. The van der Waals surface area contributed by atoms with Gasteiger partial charge in [-0.05, 0) is 43.3 Å². The number of hydrazine groups is 1. The van der Waals surface area contributed by atoms with Crippen LogP contribution in [0.3, 0.4) is 0 Å². The van der Waals surface area contributed by atoms with Crippen LogP contribution in [0.5, 0.6) is 0 Å². The van der Waals surface area contributed by atoms with Gasteiger partial charge in [-0.1, -0.05) is 12.1 Å². The van der Waals surface area contributed by atoms with Crippen molar-refractivity contribution in [2.24, 2.45) is 0 Å². The second kappa shape index (κ2) is 8.19. The second-order valence-corrected chi connectivity index (χ2v) is 7.44. The van der Waals surface area contributed by atoms with Crippen LogP contribution in [0, 0.1) is 0 Å². The van der Waals surface area contributed by atoms with Crippen LogP contribution < -0.4 is 10.3 Å². The molecule has 2 aromatic carbocycles. The Balaban J connectivity index is 1.62. The molecule has 0 saturated carbocycles. The van der Waals surface area contributed by atoms with E-state index in [4.69, 9.17) is 4.74 Å². The SMILES string of the molecule is CCOC(=O)c1ccc(S(=O)(=O)NNC(=O)Cn2cnc3ccccc32)cc1. The first-order valence-corrected chi connectivity index (χ1v) is 9.87. The summed E-state index contributed by atoms with van der Waals surface area (Å²) in [6, 6.07) is 12.5. The maximum atomic E-state index is 12.3. The Morgan fingerprint density at radius 3 is 2.54 bits per heavy atom. The third kappa shape index (κ3) is 4.35. The van der Waals surface area contributed by atoms with Gasteiger partial charge in [0.2, 0.25) is 0 Å².